The van der Waals surface area contributed by atoms with Crippen molar-refractivity contribution in [1.82, 2.24) is 4.90 Å². The van der Waals surface area contributed by atoms with Crippen molar-refractivity contribution >= 4 is 42.1 Å². The fourth-order valence-corrected chi connectivity index (χ4v) is 3.43. The Bertz CT molecular complexity index is 727. The molecule has 1 aliphatic rings. The Kier molecular flexibility index (Phi) is 13.0. The quantitative estimate of drug-likeness (QED) is 0.509. The van der Waals surface area contributed by atoms with Gasteiger partial charge in [-0.1, -0.05) is 11.6 Å². The molecule has 0 amide bonds. The monoisotopic (exact) mass is 492 g/mol. The van der Waals surface area contributed by atoms with E-state index in [1.54, 1.807) is 19.2 Å². The number of β-amino-alcohol motifs (C(OH)–C–C–N with tert-alkyl or cyclic N) is 1. The van der Waals surface area contributed by atoms with Gasteiger partial charge in [-0.3, -0.25) is 4.90 Å². The van der Waals surface area contributed by atoms with Crippen molar-refractivity contribution in [3.05, 3.63) is 53.6 Å². The third-order valence-electron chi connectivity index (χ3n) is 4.90. The summed E-state index contributed by atoms with van der Waals surface area (Å²) in [6, 6.07) is 15.4. The number of ether oxygens (including phenoxy) is 3. The standard InChI is InChI=1S/C22H29ClN2O4.2ClH/c1-27-21-8-4-19(5-9-21)25-12-10-24(11-13-25)16-20(26)17-28-14-15-29-22-6-2-18(23)3-7-22;;/h2-9,20,26H,10-17H2,1H3;2*1H. The lowest BCUT2D eigenvalue weighted by Gasteiger charge is -2.36. The molecule has 1 N–H and O–H groups in total. The normalized spacial score (nSPS) is 14.9. The Morgan fingerprint density at radius 1 is 0.903 bits per heavy atom. The van der Waals surface area contributed by atoms with Crippen LogP contribution >= 0.6 is 36.4 Å². The minimum absolute atomic E-state index is 0. The van der Waals surface area contributed by atoms with E-state index in [0.29, 0.717) is 31.4 Å². The van der Waals surface area contributed by atoms with Crippen LogP contribution in [0.2, 0.25) is 5.02 Å². The fraction of sp³-hybridized carbons (Fsp3) is 0.455. The van der Waals surface area contributed by atoms with Crippen LogP contribution < -0.4 is 14.4 Å². The van der Waals surface area contributed by atoms with Crippen molar-refractivity contribution < 1.29 is 19.3 Å². The lowest BCUT2D eigenvalue weighted by molar-refractivity contribution is 0.00718. The van der Waals surface area contributed by atoms with Crippen LogP contribution in [-0.4, -0.2) is 75.8 Å². The molecule has 1 saturated heterocycles. The molecule has 0 radical (unpaired) electrons. The van der Waals surface area contributed by atoms with Crippen LogP contribution in [0.5, 0.6) is 11.5 Å². The summed E-state index contributed by atoms with van der Waals surface area (Å²) in [5.74, 6) is 1.63. The molecule has 9 heteroatoms. The zero-order valence-electron chi connectivity index (χ0n) is 17.6. The molecule has 0 bridgehead atoms. The second-order valence-electron chi connectivity index (χ2n) is 7.02. The van der Waals surface area contributed by atoms with Gasteiger partial charge in [-0.25, -0.2) is 0 Å². The van der Waals surface area contributed by atoms with Gasteiger partial charge in [0.25, 0.3) is 0 Å². The molecule has 0 saturated carbocycles. The molecule has 3 rings (SSSR count). The SMILES string of the molecule is COc1ccc(N2CCN(CC(O)COCCOc3ccc(Cl)cc3)CC2)cc1.Cl.Cl. The van der Waals surface area contributed by atoms with Gasteiger partial charge < -0.3 is 24.2 Å². The number of halogens is 3. The number of nitrogens with zero attached hydrogens (tertiary/aromatic N) is 2. The second-order valence-corrected chi connectivity index (χ2v) is 7.45. The van der Waals surface area contributed by atoms with Crippen LogP contribution in [0, 0.1) is 0 Å². The zero-order valence-corrected chi connectivity index (χ0v) is 20.0. The number of aliphatic hydroxyl groups is 1. The Hall–Kier alpha value is -1.41. The van der Waals surface area contributed by atoms with Crippen molar-refractivity contribution in [3.8, 4) is 11.5 Å². The topological polar surface area (TPSA) is 54.4 Å². The molecule has 1 atom stereocenters. The van der Waals surface area contributed by atoms with Crippen molar-refractivity contribution in [3.63, 3.8) is 0 Å². The van der Waals surface area contributed by atoms with E-state index in [1.807, 2.05) is 24.3 Å². The highest BCUT2D eigenvalue weighted by Crippen LogP contribution is 2.20. The summed E-state index contributed by atoms with van der Waals surface area (Å²) in [6.07, 6.45) is -0.502. The molecule has 2 aromatic rings. The maximum atomic E-state index is 10.2. The third-order valence-corrected chi connectivity index (χ3v) is 5.15. The van der Waals surface area contributed by atoms with E-state index in [9.17, 15) is 5.11 Å². The first-order valence-corrected chi connectivity index (χ1v) is 10.3. The van der Waals surface area contributed by atoms with Crippen molar-refractivity contribution in [2.75, 3.05) is 64.6 Å². The van der Waals surface area contributed by atoms with Crippen LogP contribution in [0.15, 0.2) is 48.5 Å². The summed E-state index contributed by atoms with van der Waals surface area (Å²) in [5.41, 5.74) is 1.20. The molecule has 1 aliphatic heterocycles. The van der Waals surface area contributed by atoms with E-state index >= 15 is 0 Å². The number of anilines is 1. The molecule has 1 unspecified atom stereocenters. The van der Waals surface area contributed by atoms with Gasteiger partial charge in [0.15, 0.2) is 0 Å². The van der Waals surface area contributed by atoms with Crippen LogP contribution in [0.3, 0.4) is 0 Å². The first-order valence-electron chi connectivity index (χ1n) is 9.89. The predicted octanol–water partition coefficient (Wildman–Crippen LogP) is 3.77. The lowest BCUT2D eigenvalue weighted by atomic mass is 10.2. The summed E-state index contributed by atoms with van der Waals surface area (Å²) < 4.78 is 16.3. The van der Waals surface area contributed by atoms with E-state index in [-0.39, 0.29) is 24.8 Å². The molecule has 31 heavy (non-hydrogen) atoms. The van der Waals surface area contributed by atoms with Gasteiger partial charge in [0.05, 0.1) is 26.4 Å². The Morgan fingerprint density at radius 3 is 2.13 bits per heavy atom. The van der Waals surface area contributed by atoms with E-state index in [0.717, 1.165) is 37.7 Å². The first kappa shape index (κ1) is 27.6. The number of methoxy groups -OCH3 is 1. The third kappa shape index (κ3) is 9.31. The molecule has 0 aromatic heterocycles. The van der Waals surface area contributed by atoms with Gasteiger partial charge in [-0.05, 0) is 48.5 Å². The molecule has 1 fully saturated rings. The number of hydrogen-bond donors (Lipinski definition) is 1. The van der Waals surface area contributed by atoms with Gasteiger partial charge in [0.2, 0.25) is 0 Å². The molecular formula is C22H31Cl3N2O4. The highest BCUT2D eigenvalue weighted by atomic mass is 35.5. The number of piperazine rings is 1. The maximum absolute atomic E-state index is 10.2. The van der Waals surface area contributed by atoms with Crippen LogP contribution in [0.4, 0.5) is 5.69 Å². The highest BCUT2D eigenvalue weighted by Gasteiger charge is 2.19. The van der Waals surface area contributed by atoms with Gasteiger partial charge in [-0.15, -0.1) is 24.8 Å². The number of rotatable bonds is 10. The predicted molar refractivity (Wildman–Crippen MR) is 130 cm³/mol. The van der Waals surface area contributed by atoms with Gasteiger partial charge in [0, 0.05) is 43.4 Å². The van der Waals surface area contributed by atoms with Gasteiger partial charge in [-0.2, -0.15) is 0 Å². The van der Waals surface area contributed by atoms with Gasteiger partial charge in [0.1, 0.15) is 18.1 Å². The molecular weight excluding hydrogens is 463 g/mol. The minimum Gasteiger partial charge on any atom is -0.497 e. The Balaban J connectivity index is 0.00000240. The number of aliphatic hydroxyl groups excluding tert-OH is 1. The summed E-state index contributed by atoms with van der Waals surface area (Å²) in [6.45, 7) is 5.52. The largest absolute Gasteiger partial charge is 0.497 e. The van der Waals surface area contributed by atoms with Crippen LogP contribution in [0.1, 0.15) is 0 Å². The molecule has 0 spiro atoms. The molecule has 174 valence electrons. The average molecular weight is 494 g/mol. The number of benzene rings is 2. The lowest BCUT2D eigenvalue weighted by Crippen LogP contribution is -2.49. The van der Waals surface area contributed by atoms with Crippen molar-refractivity contribution in [2.24, 2.45) is 0 Å². The number of hydrogen-bond acceptors (Lipinski definition) is 6. The van der Waals surface area contributed by atoms with Crippen LogP contribution in [-0.2, 0) is 4.74 Å². The molecule has 1 heterocycles. The summed E-state index contributed by atoms with van der Waals surface area (Å²) in [5, 5.41) is 10.9. The van der Waals surface area contributed by atoms with Crippen molar-refractivity contribution in [2.45, 2.75) is 6.10 Å². The summed E-state index contributed by atoms with van der Waals surface area (Å²) >= 11 is 5.84. The first-order chi connectivity index (χ1) is 14.1. The molecule has 2 aromatic carbocycles. The second kappa shape index (κ2) is 14.6. The van der Waals surface area contributed by atoms with Crippen molar-refractivity contribution in [1.29, 1.82) is 0 Å². The van der Waals surface area contributed by atoms with E-state index in [2.05, 4.69) is 21.9 Å². The molecule has 6 nitrogen and oxygen atoms in total. The van der Waals surface area contributed by atoms with E-state index < -0.39 is 6.10 Å². The van der Waals surface area contributed by atoms with E-state index in [4.69, 9.17) is 25.8 Å². The maximum Gasteiger partial charge on any atom is 0.119 e. The van der Waals surface area contributed by atoms with Crippen LogP contribution in [0.25, 0.3) is 0 Å². The Morgan fingerprint density at radius 2 is 1.52 bits per heavy atom. The fourth-order valence-electron chi connectivity index (χ4n) is 3.30. The summed E-state index contributed by atoms with van der Waals surface area (Å²) in [7, 11) is 1.68. The summed E-state index contributed by atoms with van der Waals surface area (Å²) in [4.78, 5) is 4.63. The Labute approximate surface area is 201 Å². The van der Waals surface area contributed by atoms with Gasteiger partial charge >= 0.3 is 0 Å². The highest BCUT2D eigenvalue weighted by molar-refractivity contribution is 6.30. The minimum atomic E-state index is -0.502. The molecule has 0 aliphatic carbocycles. The average Bonchev–Trinajstić information content (AvgIpc) is 2.75. The zero-order chi connectivity index (χ0) is 20.5. The van der Waals surface area contributed by atoms with E-state index in [1.165, 1.54) is 5.69 Å². The smallest absolute Gasteiger partial charge is 0.119 e.